The van der Waals surface area contributed by atoms with Crippen molar-refractivity contribution in [1.29, 1.82) is 0 Å². The van der Waals surface area contributed by atoms with E-state index >= 15 is 0 Å². The van der Waals surface area contributed by atoms with E-state index in [4.69, 9.17) is 9.47 Å². The second-order valence-corrected chi connectivity index (χ2v) is 12.6. The Hall–Kier alpha value is -3.63. The van der Waals surface area contributed by atoms with Crippen LogP contribution in [0.2, 0.25) is 0 Å². The first-order valence-corrected chi connectivity index (χ1v) is 15.6. The third kappa shape index (κ3) is 6.87. The molecule has 1 aromatic heterocycles. The Bertz CT molecular complexity index is 1400. The molecule has 3 heterocycles. The number of piperidine rings is 1. The first-order valence-electron chi connectivity index (χ1n) is 14.3. The van der Waals surface area contributed by atoms with Gasteiger partial charge in [0.05, 0.1) is 13.2 Å². The molecule has 1 fully saturated rings. The van der Waals surface area contributed by atoms with Crippen molar-refractivity contribution < 1.29 is 19.1 Å². The van der Waals surface area contributed by atoms with Gasteiger partial charge in [0, 0.05) is 43.5 Å². The lowest BCUT2D eigenvalue weighted by atomic mass is 9.73. The van der Waals surface area contributed by atoms with E-state index in [1.54, 1.807) is 16.0 Å². The van der Waals surface area contributed by atoms with Crippen molar-refractivity contribution in [3.05, 3.63) is 77.5 Å². The van der Waals surface area contributed by atoms with E-state index in [9.17, 15) is 9.59 Å². The summed E-state index contributed by atoms with van der Waals surface area (Å²) in [5, 5.41) is 3.90. The van der Waals surface area contributed by atoms with Crippen molar-refractivity contribution in [3.8, 4) is 0 Å². The molecule has 1 N–H and O–H groups in total. The summed E-state index contributed by atoms with van der Waals surface area (Å²) in [4.78, 5) is 38.5. The second kappa shape index (κ2) is 12.7. The molecule has 0 saturated carbocycles. The highest BCUT2D eigenvalue weighted by Gasteiger charge is 2.39. The van der Waals surface area contributed by atoms with Crippen LogP contribution in [0.3, 0.4) is 0 Å². The summed E-state index contributed by atoms with van der Waals surface area (Å²) in [6.07, 6.45) is 4.82. The number of carbonyl (C=O) groups excluding carboxylic acids is 2. The van der Waals surface area contributed by atoms with Gasteiger partial charge < -0.3 is 24.6 Å². The average Bonchev–Trinajstić information content (AvgIpc) is 3.15. The monoisotopic (exact) mass is 589 g/mol. The van der Waals surface area contributed by atoms with Crippen LogP contribution in [0, 0.1) is 0 Å². The molecule has 0 unspecified atom stereocenters. The molecule has 0 spiro atoms. The molecule has 222 valence electrons. The van der Waals surface area contributed by atoms with Crippen LogP contribution in [-0.4, -0.2) is 71.5 Å². The molecule has 1 saturated heterocycles. The normalized spacial score (nSPS) is 16.8. The van der Waals surface area contributed by atoms with E-state index in [1.807, 2.05) is 57.4 Å². The Morgan fingerprint density at radius 1 is 1.07 bits per heavy atom. The number of hydrogen-bond donors (Lipinski definition) is 1. The van der Waals surface area contributed by atoms with Crippen molar-refractivity contribution in [2.24, 2.45) is 0 Å². The van der Waals surface area contributed by atoms with Gasteiger partial charge in [-0.3, -0.25) is 4.79 Å². The zero-order chi connectivity index (χ0) is 29.7. The van der Waals surface area contributed by atoms with Crippen LogP contribution in [0.1, 0.15) is 55.1 Å². The quantitative estimate of drug-likeness (QED) is 0.275. The lowest BCUT2D eigenvalue weighted by Crippen LogP contribution is -2.48. The molecular weight excluding hydrogens is 550 g/mol. The number of ether oxygens (including phenoxy) is 2. The number of amides is 2. The summed E-state index contributed by atoms with van der Waals surface area (Å²) in [6, 6.07) is 18.4. The molecule has 5 rings (SSSR count). The summed E-state index contributed by atoms with van der Waals surface area (Å²) < 4.78 is 12.0. The van der Waals surface area contributed by atoms with Crippen LogP contribution >= 0.6 is 11.8 Å². The maximum absolute atomic E-state index is 13.4. The van der Waals surface area contributed by atoms with Gasteiger partial charge in [-0.1, -0.05) is 54.2 Å². The molecule has 0 radical (unpaired) electrons. The Morgan fingerprint density at radius 3 is 2.55 bits per heavy atom. The third-order valence-corrected chi connectivity index (χ3v) is 8.24. The molecule has 10 heteroatoms. The number of nitrogens with one attached hydrogen (secondary N) is 1. The van der Waals surface area contributed by atoms with Crippen LogP contribution in [0.4, 0.5) is 16.3 Å². The number of hydrogen-bond acceptors (Lipinski definition) is 8. The molecule has 9 nitrogen and oxygen atoms in total. The number of thioether (sulfide) groups is 1. The molecule has 0 atom stereocenters. The first-order chi connectivity index (χ1) is 20.2. The minimum Gasteiger partial charge on any atom is -0.444 e. The van der Waals surface area contributed by atoms with E-state index in [1.165, 1.54) is 17.3 Å². The number of likely N-dealkylation sites (tertiary alicyclic amines) is 1. The molecule has 0 bridgehead atoms. The van der Waals surface area contributed by atoms with Crippen LogP contribution in [-0.2, 0) is 21.5 Å². The van der Waals surface area contributed by atoms with Gasteiger partial charge in [-0.15, -0.1) is 0 Å². The predicted octanol–water partition coefficient (Wildman–Crippen LogP) is 5.76. The van der Waals surface area contributed by atoms with Gasteiger partial charge in [0.25, 0.3) is 5.91 Å². The zero-order valence-electron chi connectivity index (χ0n) is 24.8. The maximum Gasteiger partial charge on any atom is 0.410 e. The van der Waals surface area contributed by atoms with Crippen molar-refractivity contribution in [1.82, 2.24) is 14.9 Å². The summed E-state index contributed by atoms with van der Waals surface area (Å²) in [5.41, 5.74) is 2.76. The lowest BCUT2D eigenvalue weighted by molar-refractivity contribution is 0.00334. The highest BCUT2D eigenvalue weighted by Crippen LogP contribution is 2.37. The van der Waals surface area contributed by atoms with Gasteiger partial charge in [-0.25, -0.2) is 14.8 Å². The standard InChI is InChI=1S/C32H39N5O4S/c1-31(2,3)41-30(39)36-16-13-32(14-17-36,24-10-6-5-7-11-24)22-40-21-23-9-8-12-25(19-23)37-18-15-33-27-26(28(37)38)20-34-29(35-27)42-4/h5-12,19-20H,13-18,21-22H2,1-4H3,(H,33,34,35). The number of carbonyl (C=O) groups is 2. The number of fused-ring (bicyclic) bond motifs is 1. The highest BCUT2D eigenvalue weighted by atomic mass is 32.2. The van der Waals surface area contributed by atoms with Gasteiger partial charge >= 0.3 is 6.09 Å². The smallest absolute Gasteiger partial charge is 0.410 e. The fraction of sp³-hybridized carbons (Fsp3) is 0.438. The molecule has 2 aliphatic heterocycles. The topological polar surface area (TPSA) is 96.9 Å². The molecule has 3 aromatic rings. The predicted molar refractivity (Wildman–Crippen MR) is 165 cm³/mol. The fourth-order valence-corrected chi connectivity index (χ4v) is 5.81. The molecule has 2 aromatic carbocycles. The van der Waals surface area contributed by atoms with Gasteiger partial charge in [0.1, 0.15) is 17.0 Å². The molecule has 0 aliphatic carbocycles. The molecular formula is C32H39N5O4S. The molecule has 42 heavy (non-hydrogen) atoms. The van der Waals surface area contributed by atoms with E-state index in [0.717, 1.165) is 24.1 Å². The summed E-state index contributed by atoms with van der Waals surface area (Å²) in [5.74, 6) is 0.450. The third-order valence-electron chi connectivity index (χ3n) is 7.68. The second-order valence-electron chi connectivity index (χ2n) is 11.8. The molecule has 2 amide bonds. The zero-order valence-corrected chi connectivity index (χ0v) is 25.6. The number of nitrogens with zero attached hydrogens (tertiary/aromatic N) is 4. The molecule has 2 aliphatic rings. The van der Waals surface area contributed by atoms with Crippen molar-refractivity contribution in [2.45, 2.75) is 56.4 Å². The highest BCUT2D eigenvalue weighted by molar-refractivity contribution is 7.98. The van der Waals surface area contributed by atoms with Crippen molar-refractivity contribution in [2.75, 3.05) is 49.3 Å². The number of anilines is 2. The number of aromatic nitrogens is 2. The first kappa shape index (κ1) is 29.8. The van der Waals surface area contributed by atoms with Crippen molar-refractivity contribution >= 4 is 35.3 Å². The van der Waals surface area contributed by atoms with Gasteiger partial charge in [-0.2, -0.15) is 0 Å². The maximum atomic E-state index is 13.4. The Kier molecular flexibility index (Phi) is 9.03. The average molecular weight is 590 g/mol. The summed E-state index contributed by atoms with van der Waals surface area (Å²) >= 11 is 1.44. The van der Waals surface area contributed by atoms with Crippen LogP contribution in [0.25, 0.3) is 0 Å². The van der Waals surface area contributed by atoms with Gasteiger partial charge in [0.2, 0.25) is 0 Å². The van der Waals surface area contributed by atoms with E-state index in [0.29, 0.717) is 55.9 Å². The van der Waals surface area contributed by atoms with Crippen molar-refractivity contribution in [3.63, 3.8) is 0 Å². The fourth-order valence-electron chi connectivity index (χ4n) is 5.46. The number of rotatable bonds is 7. The largest absolute Gasteiger partial charge is 0.444 e. The van der Waals surface area contributed by atoms with Gasteiger partial charge in [0.15, 0.2) is 5.16 Å². The van der Waals surface area contributed by atoms with E-state index in [-0.39, 0.29) is 17.4 Å². The minimum atomic E-state index is -0.522. The Balaban J connectivity index is 1.26. The van der Waals surface area contributed by atoms with Crippen LogP contribution < -0.4 is 10.2 Å². The van der Waals surface area contributed by atoms with E-state index < -0.39 is 5.60 Å². The van der Waals surface area contributed by atoms with Crippen LogP contribution in [0.15, 0.2) is 66.0 Å². The van der Waals surface area contributed by atoms with E-state index in [2.05, 4.69) is 39.6 Å². The number of benzene rings is 2. The van der Waals surface area contributed by atoms with Crippen LogP contribution in [0.5, 0.6) is 0 Å². The van der Waals surface area contributed by atoms with Gasteiger partial charge in [-0.05, 0) is 63.1 Å². The summed E-state index contributed by atoms with van der Waals surface area (Å²) in [7, 11) is 0. The Morgan fingerprint density at radius 2 is 1.83 bits per heavy atom. The SMILES string of the molecule is CSc1ncc2c(n1)NCCN(c1cccc(COCC3(c4ccccc4)CCN(C(=O)OC(C)(C)C)CC3)c1)C2=O. The Labute approximate surface area is 252 Å². The minimum absolute atomic E-state index is 0.125. The summed E-state index contributed by atoms with van der Waals surface area (Å²) in [6.45, 7) is 8.92. The lowest BCUT2D eigenvalue weighted by Gasteiger charge is -2.42.